The lowest BCUT2D eigenvalue weighted by atomic mass is 10.1. The van der Waals surface area contributed by atoms with Crippen LogP contribution in [-0.4, -0.2) is 34.2 Å². The van der Waals surface area contributed by atoms with Gasteiger partial charge in [-0.2, -0.15) is 0 Å². The Bertz CT molecular complexity index is 808. The predicted molar refractivity (Wildman–Crippen MR) is 87.0 cm³/mol. The van der Waals surface area contributed by atoms with Crippen molar-refractivity contribution in [2.24, 2.45) is 0 Å². The summed E-state index contributed by atoms with van der Waals surface area (Å²) in [6.45, 7) is 1.70. The van der Waals surface area contributed by atoms with Crippen molar-refractivity contribution in [1.82, 2.24) is 19.9 Å². The van der Waals surface area contributed by atoms with Crippen LogP contribution in [0.2, 0.25) is 0 Å². The number of aromatic nitrogens is 3. The smallest absolute Gasteiger partial charge is 0.270 e. The van der Waals surface area contributed by atoms with Crippen LogP contribution < -0.4 is 5.32 Å². The number of carbonyl (C=O) groups excluding carboxylic acids is 1. The summed E-state index contributed by atoms with van der Waals surface area (Å²) in [5.74, 6) is -0.193. The normalized spacial score (nSPS) is 10.8. The third-order valence-electron chi connectivity index (χ3n) is 3.65. The summed E-state index contributed by atoms with van der Waals surface area (Å²) in [5.41, 5.74) is 1.36. The van der Waals surface area contributed by atoms with Crippen LogP contribution >= 0.6 is 0 Å². The average molecular weight is 310 g/mol. The second-order valence-electron chi connectivity index (χ2n) is 5.13. The molecule has 23 heavy (non-hydrogen) atoms. The molecule has 3 rings (SSSR count). The van der Waals surface area contributed by atoms with E-state index >= 15 is 0 Å². The highest BCUT2D eigenvalue weighted by atomic mass is 16.5. The summed E-state index contributed by atoms with van der Waals surface area (Å²) in [7, 11) is 1.66. The van der Waals surface area contributed by atoms with E-state index in [2.05, 4.69) is 15.3 Å². The van der Waals surface area contributed by atoms with Gasteiger partial charge in [-0.05, 0) is 11.5 Å². The molecular weight excluding hydrogens is 292 g/mol. The van der Waals surface area contributed by atoms with Crippen molar-refractivity contribution in [1.29, 1.82) is 0 Å². The number of nitrogens with zero attached hydrogens (tertiary/aromatic N) is 3. The van der Waals surface area contributed by atoms with E-state index in [9.17, 15) is 4.79 Å². The molecule has 0 spiro atoms. The lowest BCUT2D eigenvalue weighted by Crippen LogP contribution is -2.25. The highest BCUT2D eigenvalue weighted by Crippen LogP contribution is 2.16. The van der Waals surface area contributed by atoms with Gasteiger partial charge >= 0.3 is 0 Å². The largest absolute Gasteiger partial charge is 0.383 e. The fourth-order valence-corrected chi connectivity index (χ4v) is 2.44. The molecule has 0 aliphatic heterocycles. The summed E-state index contributed by atoms with van der Waals surface area (Å²) in [6.07, 6.45) is 5.13. The molecule has 0 aliphatic rings. The zero-order chi connectivity index (χ0) is 16.1. The number of pyridine rings is 1. The number of hydrogen-bond acceptors (Lipinski definition) is 4. The van der Waals surface area contributed by atoms with Crippen molar-refractivity contribution in [3.8, 4) is 0 Å². The van der Waals surface area contributed by atoms with E-state index < -0.39 is 0 Å². The summed E-state index contributed by atoms with van der Waals surface area (Å²) >= 11 is 0. The average Bonchev–Trinajstić information content (AvgIpc) is 3.04. The summed E-state index contributed by atoms with van der Waals surface area (Å²) in [6, 6.07) is 9.61. The van der Waals surface area contributed by atoms with Gasteiger partial charge in [0.15, 0.2) is 0 Å². The maximum absolute atomic E-state index is 12.5. The molecule has 3 aromatic rings. The van der Waals surface area contributed by atoms with E-state index in [1.54, 1.807) is 25.8 Å². The van der Waals surface area contributed by atoms with Gasteiger partial charge in [0.25, 0.3) is 5.91 Å². The van der Waals surface area contributed by atoms with E-state index in [4.69, 9.17) is 4.74 Å². The van der Waals surface area contributed by atoms with Crippen LogP contribution in [0.25, 0.3) is 10.8 Å². The van der Waals surface area contributed by atoms with Gasteiger partial charge in [0.2, 0.25) is 0 Å². The van der Waals surface area contributed by atoms with Gasteiger partial charge < -0.3 is 14.6 Å². The van der Waals surface area contributed by atoms with Crippen molar-refractivity contribution < 1.29 is 9.53 Å². The monoisotopic (exact) mass is 310 g/mol. The van der Waals surface area contributed by atoms with Crippen LogP contribution in [0.4, 0.5) is 0 Å². The standard InChI is InChI=1S/C17H18N4O2/c1-23-9-8-21-12-18-10-14(21)11-20-17(22)16-15-5-3-2-4-13(15)6-7-19-16/h2-7,10,12H,8-9,11H2,1H3,(H,20,22). The van der Waals surface area contributed by atoms with E-state index in [0.717, 1.165) is 16.5 Å². The number of rotatable bonds is 6. The van der Waals surface area contributed by atoms with E-state index in [1.165, 1.54) is 0 Å². The van der Waals surface area contributed by atoms with E-state index in [-0.39, 0.29) is 5.91 Å². The lowest BCUT2D eigenvalue weighted by molar-refractivity contribution is 0.0946. The molecule has 0 radical (unpaired) electrons. The Kier molecular flexibility index (Phi) is 4.63. The molecule has 0 fully saturated rings. The molecule has 0 aliphatic carbocycles. The molecule has 6 nitrogen and oxygen atoms in total. The zero-order valence-corrected chi connectivity index (χ0v) is 12.9. The number of imidazole rings is 1. The number of methoxy groups -OCH3 is 1. The number of fused-ring (bicyclic) bond motifs is 1. The van der Waals surface area contributed by atoms with Crippen molar-refractivity contribution in [3.63, 3.8) is 0 Å². The maximum Gasteiger partial charge on any atom is 0.270 e. The van der Waals surface area contributed by atoms with Crippen LogP contribution in [0.15, 0.2) is 49.1 Å². The summed E-state index contributed by atoms with van der Waals surface area (Å²) in [5, 5.41) is 4.75. The van der Waals surface area contributed by atoms with Gasteiger partial charge in [-0.1, -0.05) is 24.3 Å². The molecule has 1 aromatic carbocycles. The number of hydrogen-bond donors (Lipinski definition) is 1. The second kappa shape index (κ2) is 7.02. The van der Waals surface area contributed by atoms with Crippen molar-refractivity contribution >= 4 is 16.7 Å². The Morgan fingerprint density at radius 1 is 1.30 bits per heavy atom. The molecule has 1 N–H and O–H groups in total. The molecule has 2 heterocycles. The Morgan fingerprint density at radius 3 is 3.04 bits per heavy atom. The molecular formula is C17H18N4O2. The number of benzene rings is 1. The summed E-state index contributed by atoms with van der Waals surface area (Å²) in [4.78, 5) is 20.8. The molecule has 0 saturated heterocycles. The fraction of sp³-hybridized carbons (Fsp3) is 0.235. The minimum atomic E-state index is -0.193. The molecule has 2 aromatic heterocycles. The van der Waals surface area contributed by atoms with Crippen LogP contribution in [0, 0.1) is 0 Å². The van der Waals surface area contributed by atoms with Crippen molar-refractivity contribution in [2.45, 2.75) is 13.1 Å². The Labute approximate surface area is 134 Å². The number of nitrogens with one attached hydrogen (secondary N) is 1. The van der Waals surface area contributed by atoms with Gasteiger partial charge in [0.05, 0.1) is 25.2 Å². The number of carbonyl (C=O) groups is 1. The molecule has 1 amide bonds. The first kappa shape index (κ1) is 15.2. The molecule has 0 unspecified atom stereocenters. The minimum Gasteiger partial charge on any atom is -0.383 e. The third kappa shape index (κ3) is 3.37. The van der Waals surface area contributed by atoms with Gasteiger partial charge in [-0.15, -0.1) is 0 Å². The SMILES string of the molecule is COCCn1cncc1CNC(=O)c1nccc2ccccc12. The Morgan fingerprint density at radius 2 is 2.17 bits per heavy atom. The highest BCUT2D eigenvalue weighted by molar-refractivity contribution is 6.05. The van der Waals surface area contributed by atoms with Gasteiger partial charge in [-0.3, -0.25) is 9.78 Å². The van der Waals surface area contributed by atoms with Crippen molar-refractivity contribution in [3.05, 3.63) is 60.4 Å². The lowest BCUT2D eigenvalue weighted by Gasteiger charge is -2.09. The molecule has 118 valence electrons. The maximum atomic E-state index is 12.5. The first-order valence-corrected chi connectivity index (χ1v) is 7.39. The summed E-state index contributed by atoms with van der Waals surface area (Å²) < 4.78 is 7.03. The topological polar surface area (TPSA) is 69.0 Å². The zero-order valence-electron chi connectivity index (χ0n) is 12.9. The molecule has 0 bridgehead atoms. The molecule has 0 atom stereocenters. The van der Waals surface area contributed by atoms with Crippen LogP contribution in [0.3, 0.4) is 0 Å². The van der Waals surface area contributed by atoms with Gasteiger partial charge in [-0.25, -0.2) is 4.98 Å². The second-order valence-corrected chi connectivity index (χ2v) is 5.13. The third-order valence-corrected chi connectivity index (χ3v) is 3.65. The van der Waals surface area contributed by atoms with E-state index in [0.29, 0.717) is 25.4 Å². The minimum absolute atomic E-state index is 0.193. The van der Waals surface area contributed by atoms with Crippen molar-refractivity contribution in [2.75, 3.05) is 13.7 Å². The fourth-order valence-electron chi connectivity index (χ4n) is 2.44. The molecule has 0 saturated carbocycles. The van der Waals surface area contributed by atoms with Crippen LogP contribution in [-0.2, 0) is 17.8 Å². The van der Waals surface area contributed by atoms with Crippen LogP contribution in [0.1, 0.15) is 16.2 Å². The Hall–Kier alpha value is -2.73. The van der Waals surface area contributed by atoms with Crippen LogP contribution in [0.5, 0.6) is 0 Å². The molecule has 6 heteroatoms. The van der Waals surface area contributed by atoms with Gasteiger partial charge in [0.1, 0.15) is 5.69 Å². The van der Waals surface area contributed by atoms with E-state index in [1.807, 2.05) is 34.9 Å². The van der Waals surface area contributed by atoms with Gasteiger partial charge in [0, 0.05) is 31.4 Å². The highest BCUT2D eigenvalue weighted by Gasteiger charge is 2.12. The predicted octanol–water partition coefficient (Wildman–Crippen LogP) is 2.01. The number of amides is 1. The number of ether oxygens (including phenoxy) is 1. The Balaban J connectivity index is 1.73. The first-order valence-electron chi connectivity index (χ1n) is 7.39. The first-order chi connectivity index (χ1) is 11.3. The quantitative estimate of drug-likeness (QED) is 0.756.